The van der Waals surface area contributed by atoms with Crippen LogP contribution in [0.2, 0.25) is 10.0 Å². The molecule has 0 spiro atoms. The molecule has 1 fully saturated rings. The SMILES string of the molecule is C[C@@]1(c2ccc(Cl)cc2Cl)NC(=O)N(CC(=O)N[C@@H]2CCCc3ccccc32)C1=O. The van der Waals surface area contributed by atoms with E-state index in [2.05, 4.69) is 16.7 Å². The first-order chi connectivity index (χ1) is 14.3. The lowest BCUT2D eigenvalue weighted by Gasteiger charge is -2.27. The topological polar surface area (TPSA) is 78.5 Å². The Balaban J connectivity index is 1.49. The van der Waals surface area contributed by atoms with Crippen molar-refractivity contribution in [1.29, 1.82) is 0 Å². The van der Waals surface area contributed by atoms with Crippen molar-refractivity contribution < 1.29 is 14.4 Å². The summed E-state index contributed by atoms with van der Waals surface area (Å²) in [5, 5.41) is 6.33. The van der Waals surface area contributed by atoms with Crippen LogP contribution in [0, 0.1) is 0 Å². The first-order valence-corrected chi connectivity index (χ1v) is 10.5. The fourth-order valence-electron chi connectivity index (χ4n) is 4.21. The molecule has 2 N–H and O–H groups in total. The minimum Gasteiger partial charge on any atom is -0.348 e. The molecule has 2 atom stereocenters. The van der Waals surface area contributed by atoms with Crippen LogP contribution in [0.5, 0.6) is 0 Å². The summed E-state index contributed by atoms with van der Waals surface area (Å²) in [6, 6.07) is 12.0. The smallest absolute Gasteiger partial charge is 0.325 e. The fourth-order valence-corrected chi connectivity index (χ4v) is 4.80. The molecule has 2 aromatic rings. The molecule has 1 aliphatic carbocycles. The highest BCUT2D eigenvalue weighted by Gasteiger charge is 2.50. The first-order valence-electron chi connectivity index (χ1n) is 9.76. The van der Waals surface area contributed by atoms with Crippen molar-refractivity contribution in [3.05, 3.63) is 69.2 Å². The number of rotatable bonds is 4. The predicted octanol–water partition coefficient (Wildman–Crippen LogP) is 3.95. The predicted molar refractivity (Wildman–Crippen MR) is 114 cm³/mol. The lowest BCUT2D eigenvalue weighted by molar-refractivity contribution is -0.135. The number of fused-ring (bicyclic) bond motifs is 1. The van der Waals surface area contributed by atoms with Gasteiger partial charge >= 0.3 is 6.03 Å². The van der Waals surface area contributed by atoms with Crippen LogP contribution in [0.3, 0.4) is 0 Å². The maximum atomic E-state index is 13.1. The zero-order valence-electron chi connectivity index (χ0n) is 16.4. The van der Waals surface area contributed by atoms with Crippen molar-refractivity contribution in [3.8, 4) is 0 Å². The Labute approximate surface area is 184 Å². The molecule has 1 heterocycles. The van der Waals surface area contributed by atoms with E-state index in [0.29, 0.717) is 10.6 Å². The van der Waals surface area contributed by atoms with Crippen molar-refractivity contribution in [3.63, 3.8) is 0 Å². The number of benzene rings is 2. The first kappa shape index (κ1) is 20.7. The highest BCUT2D eigenvalue weighted by atomic mass is 35.5. The van der Waals surface area contributed by atoms with E-state index >= 15 is 0 Å². The average molecular weight is 446 g/mol. The third-order valence-electron chi connectivity index (χ3n) is 5.75. The van der Waals surface area contributed by atoms with Gasteiger partial charge in [-0.1, -0.05) is 53.5 Å². The monoisotopic (exact) mass is 445 g/mol. The van der Waals surface area contributed by atoms with Crippen LogP contribution in [0.4, 0.5) is 4.79 Å². The highest BCUT2D eigenvalue weighted by molar-refractivity contribution is 6.35. The quantitative estimate of drug-likeness (QED) is 0.699. The van der Waals surface area contributed by atoms with Crippen LogP contribution in [0.25, 0.3) is 0 Å². The van der Waals surface area contributed by atoms with Gasteiger partial charge in [0.15, 0.2) is 0 Å². The number of urea groups is 1. The van der Waals surface area contributed by atoms with Crippen molar-refractivity contribution in [2.24, 2.45) is 0 Å². The van der Waals surface area contributed by atoms with E-state index in [4.69, 9.17) is 23.2 Å². The number of hydrogen-bond acceptors (Lipinski definition) is 3. The number of aryl methyl sites for hydroxylation is 1. The molecule has 6 nitrogen and oxygen atoms in total. The van der Waals surface area contributed by atoms with E-state index in [0.717, 1.165) is 29.7 Å². The van der Waals surface area contributed by atoms with E-state index in [1.165, 1.54) is 11.6 Å². The second-order valence-electron chi connectivity index (χ2n) is 7.78. The number of carbonyl (C=O) groups excluding carboxylic acids is 3. The summed E-state index contributed by atoms with van der Waals surface area (Å²) in [6.45, 7) is 1.21. The molecule has 30 heavy (non-hydrogen) atoms. The van der Waals surface area contributed by atoms with Crippen molar-refractivity contribution in [2.75, 3.05) is 6.54 Å². The molecule has 0 unspecified atom stereocenters. The van der Waals surface area contributed by atoms with Gasteiger partial charge in [-0.3, -0.25) is 14.5 Å². The molecule has 8 heteroatoms. The summed E-state index contributed by atoms with van der Waals surface area (Å²) >= 11 is 12.2. The van der Waals surface area contributed by atoms with Gasteiger partial charge in [-0.25, -0.2) is 4.79 Å². The third-order valence-corrected chi connectivity index (χ3v) is 6.30. The summed E-state index contributed by atoms with van der Waals surface area (Å²) in [5.41, 5.74) is 1.37. The Kier molecular flexibility index (Phi) is 5.47. The molecule has 0 bridgehead atoms. The second-order valence-corrected chi connectivity index (χ2v) is 8.63. The maximum Gasteiger partial charge on any atom is 0.325 e. The fraction of sp³-hybridized carbons (Fsp3) is 0.318. The van der Waals surface area contributed by atoms with Crippen LogP contribution >= 0.6 is 23.2 Å². The standard InChI is InChI=1S/C22H21Cl2N3O3/c1-22(16-10-9-14(23)11-17(16)24)20(29)27(21(30)26-22)12-19(28)25-18-8-4-6-13-5-2-3-7-15(13)18/h2-3,5,7,9-11,18H,4,6,8,12H2,1H3,(H,25,28)(H,26,30)/t18-,22+/m1/s1. The van der Waals surface area contributed by atoms with Crippen molar-refractivity contribution >= 4 is 41.0 Å². The van der Waals surface area contributed by atoms with Crippen LogP contribution in [0.15, 0.2) is 42.5 Å². The Morgan fingerprint density at radius 3 is 2.77 bits per heavy atom. The molecular formula is C22H21Cl2N3O3. The molecule has 0 saturated carbocycles. The molecule has 4 rings (SSSR count). The highest BCUT2D eigenvalue weighted by Crippen LogP contribution is 2.35. The Bertz CT molecular complexity index is 1040. The molecule has 0 radical (unpaired) electrons. The van der Waals surface area contributed by atoms with Crippen molar-refractivity contribution in [1.82, 2.24) is 15.5 Å². The molecular weight excluding hydrogens is 425 g/mol. The molecule has 156 valence electrons. The van der Waals surface area contributed by atoms with E-state index in [1.54, 1.807) is 19.1 Å². The van der Waals surface area contributed by atoms with E-state index in [1.807, 2.05) is 18.2 Å². The zero-order chi connectivity index (χ0) is 21.5. The lowest BCUT2D eigenvalue weighted by atomic mass is 9.88. The Morgan fingerprint density at radius 2 is 2.00 bits per heavy atom. The summed E-state index contributed by atoms with van der Waals surface area (Å²) < 4.78 is 0. The van der Waals surface area contributed by atoms with Crippen LogP contribution in [-0.2, 0) is 21.5 Å². The normalized spacial score (nSPS) is 23.2. The molecule has 4 amide bonds. The van der Waals surface area contributed by atoms with Gasteiger partial charge in [0.2, 0.25) is 5.91 Å². The van der Waals surface area contributed by atoms with E-state index in [-0.39, 0.29) is 23.5 Å². The van der Waals surface area contributed by atoms with Gasteiger partial charge in [-0.05, 0) is 49.4 Å². The number of nitrogens with zero attached hydrogens (tertiary/aromatic N) is 1. The number of imide groups is 1. The maximum absolute atomic E-state index is 13.1. The summed E-state index contributed by atoms with van der Waals surface area (Å²) in [7, 11) is 0. The van der Waals surface area contributed by atoms with Gasteiger partial charge in [0, 0.05) is 15.6 Å². The second kappa shape index (κ2) is 7.93. The largest absolute Gasteiger partial charge is 0.348 e. The minimum atomic E-state index is -1.36. The Morgan fingerprint density at radius 1 is 1.23 bits per heavy atom. The average Bonchev–Trinajstić information content (AvgIpc) is 2.92. The number of amides is 4. The van der Waals surface area contributed by atoms with Gasteiger partial charge < -0.3 is 10.6 Å². The number of carbonyl (C=O) groups is 3. The van der Waals surface area contributed by atoms with E-state index in [9.17, 15) is 14.4 Å². The zero-order valence-corrected chi connectivity index (χ0v) is 17.9. The van der Waals surface area contributed by atoms with Crippen LogP contribution < -0.4 is 10.6 Å². The van der Waals surface area contributed by atoms with Gasteiger partial charge in [0.25, 0.3) is 5.91 Å². The summed E-state index contributed by atoms with van der Waals surface area (Å²) in [5.74, 6) is -0.914. The third kappa shape index (κ3) is 3.66. The van der Waals surface area contributed by atoms with Gasteiger partial charge in [0.05, 0.1) is 6.04 Å². The lowest BCUT2D eigenvalue weighted by Crippen LogP contribution is -2.44. The molecule has 2 aliphatic rings. The number of halogens is 2. The molecule has 0 aromatic heterocycles. The summed E-state index contributed by atoms with van der Waals surface area (Å²) in [6.07, 6.45) is 2.77. The molecule has 2 aromatic carbocycles. The summed E-state index contributed by atoms with van der Waals surface area (Å²) in [4.78, 5) is 39.2. The van der Waals surface area contributed by atoms with Gasteiger partial charge in [0.1, 0.15) is 12.1 Å². The Hall–Kier alpha value is -2.57. The molecule has 1 saturated heterocycles. The van der Waals surface area contributed by atoms with E-state index < -0.39 is 17.5 Å². The minimum absolute atomic E-state index is 0.125. The van der Waals surface area contributed by atoms with Crippen molar-refractivity contribution in [2.45, 2.75) is 37.8 Å². The van der Waals surface area contributed by atoms with Crippen LogP contribution in [0.1, 0.15) is 42.5 Å². The van der Waals surface area contributed by atoms with Gasteiger partial charge in [-0.2, -0.15) is 0 Å². The van der Waals surface area contributed by atoms with Gasteiger partial charge in [-0.15, -0.1) is 0 Å². The van der Waals surface area contributed by atoms with Crippen LogP contribution in [-0.4, -0.2) is 29.3 Å². The molecule has 1 aliphatic heterocycles. The number of hydrogen-bond donors (Lipinski definition) is 2. The number of nitrogens with one attached hydrogen (secondary N) is 2.